The number of rotatable bonds is 3. The minimum absolute atomic E-state index is 0.329. The lowest BCUT2D eigenvalue weighted by molar-refractivity contribution is -0.118. The van der Waals surface area contributed by atoms with E-state index >= 15 is 0 Å². The zero-order valence-electron chi connectivity index (χ0n) is 14.9. The summed E-state index contributed by atoms with van der Waals surface area (Å²) in [6.45, 7) is 1.72. The molecule has 0 aliphatic carbocycles. The summed E-state index contributed by atoms with van der Waals surface area (Å²) in [4.78, 5) is 42.9. The van der Waals surface area contributed by atoms with Crippen molar-refractivity contribution in [2.45, 2.75) is 13.3 Å². The SMILES string of the molecule is CCc1cccc2sc(=NC(=O)CN3C(=O)c4ccccc4C3=O)n(C)c12. The van der Waals surface area contributed by atoms with Gasteiger partial charge in [-0.3, -0.25) is 19.3 Å². The maximum absolute atomic E-state index is 12.5. The average molecular weight is 379 g/mol. The van der Waals surface area contributed by atoms with Crippen LogP contribution in [0.15, 0.2) is 47.5 Å². The Morgan fingerprint density at radius 2 is 1.70 bits per heavy atom. The summed E-state index contributed by atoms with van der Waals surface area (Å²) in [5, 5.41) is 0. The van der Waals surface area contributed by atoms with Gasteiger partial charge < -0.3 is 4.57 Å². The molecule has 136 valence electrons. The summed E-state index contributed by atoms with van der Waals surface area (Å²) < 4.78 is 2.93. The van der Waals surface area contributed by atoms with Crippen molar-refractivity contribution in [3.63, 3.8) is 0 Å². The fourth-order valence-corrected chi connectivity index (χ4v) is 4.42. The maximum Gasteiger partial charge on any atom is 0.268 e. The van der Waals surface area contributed by atoms with Gasteiger partial charge in [-0.05, 0) is 30.2 Å². The number of carbonyl (C=O) groups is 3. The molecule has 0 radical (unpaired) electrons. The van der Waals surface area contributed by atoms with Gasteiger partial charge in [-0.1, -0.05) is 42.5 Å². The van der Waals surface area contributed by atoms with Crippen LogP contribution >= 0.6 is 11.3 Å². The van der Waals surface area contributed by atoms with Gasteiger partial charge in [0.2, 0.25) is 0 Å². The van der Waals surface area contributed by atoms with Crippen LogP contribution in [0, 0.1) is 0 Å². The highest BCUT2D eigenvalue weighted by Gasteiger charge is 2.36. The number of thiazole rings is 1. The second-order valence-electron chi connectivity index (χ2n) is 6.31. The normalized spacial score (nSPS) is 14.3. The Kier molecular flexibility index (Phi) is 4.24. The molecular formula is C20H17N3O3S. The molecule has 3 amide bonds. The third-order valence-corrected chi connectivity index (χ3v) is 5.78. The van der Waals surface area contributed by atoms with Crippen molar-refractivity contribution in [3.05, 3.63) is 64.0 Å². The Labute approximate surface area is 159 Å². The average Bonchev–Trinajstić information content (AvgIpc) is 3.11. The molecule has 1 aliphatic heterocycles. The van der Waals surface area contributed by atoms with E-state index in [1.54, 1.807) is 24.3 Å². The molecule has 1 aromatic heterocycles. The highest BCUT2D eigenvalue weighted by Crippen LogP contribution is 2.23. The van der Waals surface area contributed by atoms with Gasteiger partial charge in [-0.25, -0.2) is 0 Å². The molecule has 3 aromatic rings. The van der Waals surface area contributed by atoms with Crippen LogP contribution in [0.4, 0.5) is 0 Å². The maximum atomic E-state index is 12.5. The lowest BCUT2D eigenvalue weighted by Crippen LogP contribution is -2.35. The third kappa shape index (κ3) is 2.80. The van der Waals surface area contributed by atoms with Crippen LogP contribution in [-0.2, 0) is 18.3 Å². The second-order valence-corrected chi connectivity index (χ2v) is 7.32. The first-order valence-corrected chi connectivity index (χ1v) is 9.43. The van der Waals surface area contributed by atoms with Crippen molar-refractivity contribution in [2.75, 3.05) is 6.54 Å². The van der Waals surface area contributed by atoms with Crippen molar-refractivity contribution in [2.24, 2.45) is 12.0 Å². The molecule has 0 unspecified atom stereocenters. The van der Waals surface area contributed by atoms with Gasteiger partial charge in [0.25, 0.3) is 17.7 Å². The summed E-state index contributed by atoms with van der Waals surface area (Å²) in [6.07, 6.45) is 0.879. The van der Waals surface area contributed by atoms with Gasteiger partial charge >= 0.3 is 0 Å². The van der Waals surface area contributed by atoms with Gasteiger partial charge in [0.1, 0.15) is 6.54 Å². The van der Waals surface area contributed by atoms with Gasteiger partial charge in [0, 0.05) is 7.05 Å². The summed E-state index contributed by atoms with van der Waals surface area (Å²) in [7, 11) is 1.87. The largest absolute Gasteiger partial charge is 0.319 e. The number of fused-ring (bicyclic) bond motifs is 2. The fourth-order valence-electron chi connectivity index (χ4n) is 3.34. The van der Waals surface area contributed by atoms with Crippen molar-refractivity contribution in [1.82, 2.24) is 9.47 Å². The van der Waals surface area contributed by atoms with E-state index in [4.69, 9.17) is 0 Å². The minimum atomic E-state index is -0.523. The predicted molar refractivity (Wildman–Crippen MR) is 103 cm³/mol. The van der Waals surface area contributed by atoms with E-state index in [0.717, 1.165) is 21.5 Å². The van der Waals surface area contributed by atoms with Crippen LogP contribution in [-0.4, -0.2) is 33.7 Å². The number of hydrogen-bond donors (Lipinski definition) is 0. The molecule has 0 N–H and O–H groups in total. The van der Waals surface area contributed by atoms with Crippen LogP contribution in [0.1, 0.15) is 33.2 Å². The van der Waals surface area contributed by atoms with Crippen LogP contribution < -0.4 is 4.80 Å². The predicted octanol–water partition coefficient (Wildman–Crippen LogP) is 2.53. The zero-order chi connectivity index (χ0) is 19.1. The van der Waals surface area contributed by atoms with Crippen molar-refractivity contribution >= 4 is 39.3 Å². The van der Waals surface area contributed by atoms with Crippen LogP contribution in [0.3, 0.4) is 0 Å². The molecule has 1 aliphatic rings. The van der Waals surface area contributed by atoms with E-state index in [-0.39, 0.29) is 6.54 Å². The van der Waals surface area contributed by atoms with E-state index in [9.17, 15) is 14.4 Å². The number of amides is 3. The molecule has 27 heavy (non-hydrogen) atoms. The van der Waals surface area contributed by atoms with Crippen molar-refractivity contribution < 1.29 is 14.4 Å². The highest BCUT2D eigenvalue weighted by atomic mass is 32.1. The first-order chi connectivity index (χ1) is 13.0. The first kappa shape index (κ1) is 17.4. The lowest BCUT2D eigenvalue weighted by atomic mass is 10.1. The van der Waals surface area contributed by atoms with E-state index in [0.29, 0.717) is 15.9 Å². The number of aryl methyl sites for hydroxylation is 2. The van der Waals surface area contributed by atoms with Crippen LogP contribution in [0.5, 0.6) is 0 Å². The van der Waals surface area contributed by atoms with E-state index in [1.807, 2.05) is 23.7 Å². The van der Waals surface area contributed by atoms with Crippen molar-refractivity contribution in [1.29, 1.82) is 0 Å². The topological polar surface area (TPSA) is 71.7 Å². The smallest absolute Gasteiger partial charge is 0.268 e. The van der Waals surface area contributed by atoms with Gasteiger partial charge in [0.05, 0.1) is 21.3 Å². The number of para-hydroxylation sites is 1. The molecule has 0 saturated heterocycles. The number of aromatic nitrogens is 1. The Hall–Kier alpha value is -3.06. The quantitative estimate of drug-likeness (QED) is 0.657. The molecule has 0 fully saturated rings. The Balaban J connectivity index is 1.66. The van der Waals surface area contributed by atoms with Gasteiger partial charge in [-0.15, -0.1) is 0 Å². The minimum Gasteiger partial charge on any atom is -0.319 e. The lowest BCUT2D eigenvalue weighted by Gasteiger charge is -2.10. The first-order valence-electron chi connectivity index (χ1n) is 8.61. The summed E-state index contributed by atoms with van der Waals surface area (Å²) in [5.74, 6) is -1.43. The fraction of sp³-hybridized carbons (Fsp3) is 0.200. The Morgan fingerprint density at radius 1 is 1.04 bits per heavy atom. The number of hydrogen-bond acceptors (Lipinski definition) is 4. The molecule has 0 saturated carbocycles. The number of imide groups is 1. The Bertz CT molecular complexity index is 1140. The van der Waals surface area contributed by atoms with E-state index in [2.05, 4.69) is 18.0 Å². The molecule has 2 aromatic carbocycles. The summed E-state index contributed by atoms with van der Waals surface area (Å²) in [5.41, 5.74) is 2.89. The van der Waals surface area contributed by atoms with E-state index < -0.39 is 17.7 Å². The second kappa shape index (κ2) is 6.59. The molecule has 0 spiro atoms. The number of benzene rings is 2. The standard InChI is InChI=1S/C20H17N3O3S/c1-3-12-7-6-10-15-17(12)22(2)20(27-15)21-16(24)11-23-18(25)13-8-4-5-9-14(13)19(23)26/h4-10H,3,11H2,1-2H3. The Morgan fingerprint density at radius 3 is 2.33 bits per heavy atom. The molecule has 7 heteroatoms. The van der Waals surface area contributed by atoms with Crippen LogP contribution in [0.25, 0.3) is 10.2 Å². The summed E-state index contributed by atoms with van der Waals surface area (Å²) >= 11 is 1.42. The monoisotopic (exact) mass is 379 g/mol. The molecule has 0 atom stereocenters. The molecule has 4 rings (SSSR count). The number of carbonyl (C=O) groups excluding carboxylic acids is 3. The van der Waals surface area contributed by atoms with Gasteiger partial charge in [0.15, 0.2) is 4.80 Å². The molecular weight excluding hydrogens is 362 g/mol. The molecule has 0 bridgehead atoms. The van der Waals surface area contributed by atoms with Gasteiger partial charge in [-0.2, -0.15) is 4.99 Å². The molecule has 6 nitrogen and oxygen atoms in total. The molecule has 2 heterocycles. The third-order valence-electron chi connectivity index (χ3n) is 4.68. The summed E-state index contributed by atoms with van der Waals surface area (Å²) in [6, 6.07) is 12.6. The number of nitrogens with zero attached hydrogens (tertiary/aromatic N) is 3. The van der Waals surface area contributed by atoms with Crippen molar-refractivity contribution in [3.8, 4) is 0 Å². The van der Waals surface area contributed by atoms with E-state index in [1.165, 1.54) is 16.9 Å². The van der Waals surface area contributed by atoms with Crippen LogP contribution in [0.2, 0.25) is 0 Å². The zero-order valence-corrected chi connectivity index (χ0v) is 15.7. The highest BCUT2D eigenvalue weighted by molar-refractivity contribution is 7.16.